The second kappa shape index (κ2) is 5.49. The van der Waals surface area contributed by atoms with Gasteiger partial charge in [0.15, 0.2) is 0 Å². The van der Waals surface area contributed by atoms with Crippen LogP contribution in [0.5, 0.6) is 0 Å². The first-order valence-electron chi connectivity index (χ1n) is 5.90. The van der Waals surface area contributed by atoms with Gasteiger partial charge in [0.1, 0.15) is 0 Å². The molecule has 0 aliphatic heterocycles. The fourth-order valence-corrected chi connectivity index (χ4v) is 2.34. The average molecular weight is 269 g/mol. The van der Waals surface area contributed by atoms with E-state index >= 15 is 0 Å². The van der Waals surface area contributed by atoms with Gasteiger partial charge in [-0.15, -0.1) is 0 Å². The summed E-state index contributed by atoms with van der Waals surface area (Å²) in [6.07, 6.45) is 3.28. The maximum atomic E-state index is 6.34. The molecule has 0 saturated heterocycles. The lowest BCUT2D eigenvalue weighted by atomic mass is 10.1. The highest BCUT2D eigenvalue weighted by atomic mass is 35.5. The smallest absolute Gasteiger partial charge is 0.0997 e. The molecule has 0 radical (unpaired) electrons. The average Bonchev–Trinajstić information content (AvgIpc) is 2.97. The van der Waals surface area contributed by atoms with E-state index < -0.39 is 0 Å². The summed E-state index contributed by atoms with van der Waals surface area (Å²) in [5.41, 5.74) is 2.81. The quantitative estimate of drug-likeness (QED) is 0.856. The Morgan fingerprint density at radius 2 is 2.33 bits per heavy atom. The minimum absolute atomic E-state index is 0.0707. The minimum Gasteiger partial charge on any atom is -0.311 e. The van der Waals surface area contributed by atoms with Crippen LogP contribution in [-0.4, -0.2) is 32.2 Å². The molecule has 0 fully saturated rings. The molecule has 0 spiro atoms. The maximum Gasteiger partial charge on any atom is 0.0997 e. The number of aromatic nitrogens is 5. The van der Waals surface area contributed by atoms with Crippen molar-refractivity contribution in [2.45, 2.75) is 25.8 Å². The van der Waals surface area contributed by atoms with Gasteiger partial charge < -0.3 is 5.32 Å². The highest BCUT2D eigenvalue weighted by molar-refractivity contribution is 6.31. The van der Waals surface area contributed by atoms with E-state index in [1.54, 1.807) is 6.20 Å². The van der Waals surface area contributed by atoms with Gasteiger partial charge in [0, 0.05) is 13.5 Å². The van der Waals surface area contributed by atoms with Crippen LogP contribution in [0.1, 0.15) is 30.0 Å². The van der Waals surface area contributed by atoms with Crippen LogP contribution in [0, 0.1) is 0 Å². The van der Waals surface area contributed by atoms with Crippen molar-refractivity contribution >= 4 is 11.6 Å². The lowest BCUT2D eigenvalue weighted by Crippen LogP contribution is -2.20. The molecule has 0 amide bonds. The van der Waals surface area contributed by atoms with Crippen molar-refractivity contribution in [3.05, 3.63) is 28.3 Å². The molecule has 2 aromatic rings. The Morgan fingerprint density at radius 1 is 1.56 bits per heavy atom. The second-order valence-electron chi connectivity index (χ2n) is 4.12. The van der Waals surface area contributed by atoms with Crippen molar-refractivity contribution in [2.75, 3.05) is 7.05 Å². The largest absolute Gasteiger partial charge is 0.311 e. The van der Waals surface area contributed by atoms with Crippen molar-refractivity contribution in [3.8, 4) is 0 Å². The van der Waals surface area contributed by atoms with E-state index in [-0.39, 0.29) is 6.04 Å². The van der Waals surface area contributed by atoms with Gasteiger partial charge in [0.05, 0.1) is 34.3 Å². The summed E-state index contributed by atoms with van der Waals surface area (Å²) in [6.45, 7) is 2.05. The molecule has 1 unspecified atom stereocenters. The fraction of sp³-hybridized carbons (Fsp3) is 0.545. The zero-order valence-electron chi connectivity index (χ0n) is 10.7. The summed E-state index contributed by atoms with van der Waals surface area (Å²) in [4.78, 5) is 0. The Bertz CT molecular complexity index is 504. The first kappa shape index (κ1) is 13.0. The number of H-pyrrole nitrogens is 1. The van der Waals surface area contributed by atoms with Gasteiger partial charge in [0.2, 0.25) is 0 Å². The van der Waals surface area contributed by atoms with Gasteiger partial charge in [-0.2, -0.15) is 20.5 Å². The molecule has 2 heterocycles. The Kier molecular flexibility index (Phi) is 3.98. The molecule has 0 aromatic carbocycles. The molecule has 2 aromatic heterocycles. The van der Waals surface area contributed by atoms with E-state index in [2.05, 4.69) is 25.8 Å². The van der Waals surface area contributed by atoms with Crippen molar-refractivity contribution < 1.29 is 0 Å². The van der Waals surface area contributed by atoms with Crippen molar-refractivity contribution in [3.63, 3.8) is 0 Å². The summed E-state index contributed by atoms with van der Waals surface area (Å²) < 4.78 is 1.84. The summed E-state index contributed by atoms with van der Waals surface area (Å²) in [5.74, 6) is 0. The summed E-state index contributed by atoms with van der Waals surface area (Å²) in [5, 5.41) is 18.9. The minimum atomic E-state index is 0.0707. The fourth-order valence-electron chi connectivity index (χ4n) is 1.97. The monoisotopic (exact) mass is 268 g/mol. The third-order valence-corrected chi connectivity index (χ3v) is 3.48. The van der Waals surface area contributed by atoms with Gasteiger partial charge >= 0.3 is 0 Å². The highest BCUT2D eigenvalue weighted by Gasteiger charge is 2.19. The maximum absolute atomic E-state index is 6.34. The van der Waals surface area contributed by atoms with Crippen LogP contribution in [0.25, 0.3) is 0 Å². The molecule has 1 atom stereocenters. The highest BCUT2D eigenvalue weighted by Crippen LogP contribution is 2.25. The summed E-state index contributed by atoms with van der Waals surface area (Å²) in [7, 11) is 3.81. The Balaban J connectivity index is 2.25. The van der Waals surface area contributed by atoms with Crippen molar-refractivity contribution in [2.24, 2.45) is 7.05 Å². The molecular weight excluding hydrogens is 252 g/mol. The van der Waals surface area contributed by atoms with Crippen LogP contribution in [0.15, 0.2) is 6.20 Å². The predicted molar refractivity (Wildman–Crippen MR) is 69.5 cm³/mol. The molecule has 98 valence electrons. The molecule has 0 aliphatic rings. The molecule has 0 bridgehead atoms. The normalized spacial score (nSPS) is 12.9. The van der Waals surface area contributed by atoms with E-state index in [1.165, 1.54) is 0 Å². The van der Waals surface area contributed by atoms with Crippen LogP contribution in [0.4, 0.5) is 0 Å². The lowest BCUT2D eigenvalue weighted by molar-refractivity contribution is 0.547. The van der Waals surface area contributed by atoms with Crippen LogP contribution in [0.3, 0.4) is 0 Å². The number of hydrogen-bond acceptors (Lipinski definition) is 4. The number of likely N-dealkylation sites (N-methyl/N-ethyl adjacent to an activating group) is 1. The SMILES string of the molecule is CCc1nn(C)c(CC(NC)c2cn[nH]n2)c1Cl. The molecule has 18 heavy (non-hydrogen) atoms. The van der Waals surface area contributed by atoms with Crippen LogP contribution in [0.2, 0.25) is 5.02 Å². The second-order valence-corrected chi connectivity index (χ2v) is 4.50. The number of rotatable bonds is 5. The number of nitrogens with zero attached hydrogens (tertiary/aromatic N) is 4. The zero-order chi connectivity index (χ0) is 13.1. The molecule has 0 aliphatic carbocycles. The Morgan fingerprint density at radius 3 is 2.83 bits per heavy atom. The standard InChI is InChI=1S/C11H17ClN6/c1-4-7-11(12)10(18(3)16-7)5-8(13-2)9-6-14-17-15-9/h6,8,13H,4-5H2,1-3H3,(H,14,15,17). The molecule has 2 rings (SSSR count). The summed E-state index contributed by atoms with van der Waals surface area (Å²) >= 11 is 6.34. The van der Waals surface area contributed by atoms with Gasteiger partial charge in [-0.3, -0.25) is 4.68 Å². The number of aromatic amines is 1. The number of nitrogens with one attached hydrogen (secondary N) is 2. The Labute approximate surface area is 111 Å². The molecule has 7 heteroatoms. The van der Waals surface area contributed by atoms with Gasteiger partial charge in [-0.25, -0.2) is 0 Å². The first-order chi connectivity index (χ1) is 8.67. The summed E-state index contributed by atoms with van der Waals surface area (Å²) in [6, 6.07) is 0.0707. The molecule has 0 saturated carbocycles. The van der Waals surface area contributed by atoms with Crippen molar-refractivity contribution in [1.82, 2.24) is 30.5 Å². The van der Waals surface area contributed by atoms with Crippen LogP contribution < -0.4 is 5.32 Å². The van der Waals surface area contributed by atoms with Gasteiger partial charge in [-0.1, -0.05) is 18.5 Å². The van der Waals surface area contributed by atoms with Gasteiger partial charge in [0.25, 0.3) is 0 Å². The van der Waals surface area contributed by atoms with Crippen molar-refractivity contribution in [1.29, 1.82) is 0 Å². The van der Waals surface area contributed by atoms with E-state index in [0.29, 0.717) is 0 Å². The number of halogens is 1. The molecule has 2 N–H and O–H groups in total. The molecule has 6 nitrogen and oxygen atoms in total. The zero-order valence-corrected chi connectivity index (χ0v) is 11.5. The predicted octanol–water partition coefficient (Wildman–Crippen LogP) is 1.26. The third kappa shape index (κ3) is 2.39. The van der Waals surface area contributed by atoms with E-state index in [4.69, 9.17) is 11.6 Å². The van der Waals surface area contributed by atoms with Gasteiger partial charge in [-0.05, 0) is 13.5 Å². The third-order valence-electron chi connectivity index (χ3n) is 3.04. The van der Waals surface area contributed by atoms with E-state index in [1.807, 2.05) is 25.7 Å². The molecular formula is C11H17ClN6. The van der Waals surface area contributed by atoms with Crippen LogP contribution in [-0.2, 0) is 19.9 Å². The number of aryl methyl sites for hydroxylation is 2. The topological polar surface area (TPSA) is 71.4 Å². The number of hydrogen-bond donors (Lipinski definition) is 2. The lowest BCUT2D eigenvalue weighted by Gasteiger charge is -2.13. The Hall–Kier alpha value is -1.40. The first-order valence-corrected chi connectivity index (χ1v) is 6.28. The van der Waals surface area contributed by atoms with E-state index in [0.717, 1.165) is 34.9 Å². The van der Waals surface area contributed by atoms with Crippen LogP contribution >= 0.6 is 11.6 Å². The van der Waals surface area contributed by atoms with E-state index in [9.17, 15) is 0 Å².